The first kappa shape index (κ1) is 28.3. The summed E-state index contributed by atoms with van der Waals surface area (Å²) in [6.07, 6.45) is 13.0. The van der Waals surface area contributed by atoms with Crippen molar-refractivity contribution < 1.29 is 22.0 Å². The third-order valence-corrected chi connectivity index (χ3v) is 8.14. The monoisotopic (exact) mass is 528 g/mol. The van der Waals surface area contributed by atoms with Gasteiger partial charge in [0.25, 0.3) is 0 Å². The van der Waals surface area contributed by atoms with Crippen molar-refractivity contribution in [2.24, 2.45) is 5.92 Å². The number of benzene rings is 3. The van der Waals surface area contributed by atoms with Gasteiger partial charge in [0.05, 0.1) is 0 Å². The Labute approximate surface area is 223 Å². The van der Waals surface area contributed by atoms with Gasteiger partial charge < -0.3 is 0 Å². The van der Waals surface area contributed by atoms with E-state index in [4.69, 9.17) is 0 Å². The fourth-order valence-electron chi connectivity index (χ4n) is 5.79. The van der Waals surface area contributed by atoms with Gasteiger partial charge in [0, 0.05) is 5.56 Å². The molecular formula is C33H37F5. The maximum absolute atomic E-state index is 15.0. The highest BCUT2D eigenvalue weighted by Gasteiger charge is 2.22. The lowest BCUT2D eigenvalue weighted by Crippen LogP contribution is -2.13. The predicted octanol–water partition coefficient (Wildman–Crippen LogP) is 10.5. The molecular weight excluding hydrogens is 491 g/mol. The van der Waals surface area contributed by atoms with E-state index in [2.05, 4.69) is 6.92 Å². The van der Waals surface area contributed by atoms with Crippen molar-refractivity contribution in [3.63, 3.8) is 0 Å². The van der Waals surface area contributed by atoms with Crippen molar-refractivity contribution in [3.8, 4) is 11.1 Å². The zero-order valence-corrected chi connectivity index (χ0v) is 22.1. The molecule has 3 aromatic rings. The van der Waals surface area contributed by atoms with Crippen molar-refractivity contribution in [1.82, 2.24) is 0 Å². The molecule has 0 unspecified atom stereocenters. The van der Waals surface area contributed by atoms with E-state index in [0.717, 1.165) is 18.1 Å². The number of hydrogen-bond donors (Lipinski definition) is 0. The number of unbranched alkanes of at least 4 members (excludes halogenated alkanes) is 4. The minimum Gasteiger partial charge on any atom is -0.204 e. The van der Waals surface area contributed by atoms with Crippen LogP contribution in [0, 0.1) is 35.0 Å². The number of aryl methyl sites for hydroxylation is 2. The van der Waals surface area contributed by atoms with Crippen molar-refractivity contribution in [2.45, 2.75) is 89.9 Å². The van der Waals surface area contributed by atoms with E-state index in [-0.39, 0.29) is 29.5 Å². The molecule has 4 rings (SSSR count). The van der Waals surface area contributed by atoms with Gasteiger partial charge in [0.1, 0.15) is 0 Å². The van der Waals surface area contributed by atoms with Crippen LogP contribution in [0.5, 0.6) is 0 Å². The van der Waals surface area contributed by atoms with Crippen LogP contribution in [0.3, 0.4) is 0 Å². The summed E-state index contributed by atoms with van der Waals surface area (Å²) >= 11 is 0. The SMILES string of the molecule is CCCCCCCC1CCC(c2ccc(-c3ccc(CCc4cc(F)c(F)c(F)c4)c(F)c3F)cc2)CC1. The lowest BCUT2D eigenvalue weighted by atomic mass is 9.77. The lowest BCUT2D eigenvalue weighted by molar-refractivity contribution is 0.302. The Morgan fingerprint density at radius 2 is 1.32 bits per heavy atom. The van der Waals surface area contributed by atoms with Gasteiger partial charge in [-0.1, -0.05) is 81.8 Å². The van der Waals surface area contributed by atoms with Gasteiger partial charge in [0.2, 0.25) is 0 Å². The van der Waals surface area contributed by atoms with Gasteiger partial charge in [-0.3, -0.25) is 0 Å². The zero-order chi connectivity index (χ0) is 27.1. The molecule has 204 valence electrons. The average Bonchev–Trinajstić information content (AvgIpc) is 2.93. The Bertz CT molecular complexity index is 1170. The van der Waals surface area contributed by atoms with Crippen LogP contribution in [0.25, 0.3) is 11.1 Å². The normalized spacial score (nSPS) is 17.6. The number of halogens is 5. The van der Waals surface area contributed by atoms with Gasteiger partial charge in [-0.15, -0.1) is 0 Å². The van der Waals surface area contributed by atoms with E-state index >= 15 is 0 Å². The van der Waals surface area contributed by atoms with E-state index in [1.54, 1.807) is 6.07 Å². The van der Waals surface area contributed by atoms with E-state index in [1.165, 1.54) is 75.8 Å². The molecule has 1 aliphatic carbocycles. The molecule has 0 spiro atoms. The lowest BCUT2D eigenvalue weighted by Gasteiger charge is -2.29. The third kappa shape index (κ3) is 7.03. The van der Waals surface area contributed by atoms with Crippen LogP contribution in [0.2, 0.25) is 0 Å². The molecule has 0 bridgehead atoms. The fourth-order valence-corrected chi connectivity index (χ4v) is 5.79. The van der Waals surface area contributed by atoms with E-state index in [0.29, 0.717) is 11.5 Å². The summed E-state index contributed by atoms with van der Waals surface area (Å²) in [6, 6.07) is 12.6. The molecule has 0 N–H and O–H groups in total. The van der Waals surface area contributed by atoms with Crippen molar-refractivity contribution in [3.05, 3.63) is 94.3 Å². The number of hydrogen-bond acceptors (Lipinski definition) is 0. The topological polar surface area (TPSA) is 0 Å². The standard InChI is InChI=1S/C33H37F5/c1-2-3-4-5-6-7-22-8-11-24(12-9-22)25-14-16-26(17-15-25)28-19-18-27(31(36)32(28)37)13-10-23-20-29(34)33(38)30(35)21-23/h14-22,24H,2-13H2,1H3. The summed E-state index contributed by atoms with van der Waals surface area (Å²) in [4.78, 5) is 0. The molecule has 0 aromatic heterocycles. The molecule has 0 atom stereocenters. The third-order valence-electron chi connectivity index (χ3n) is 8.14. The molecule has 0 saturated heterocycles. The molecule has 3 aromatic carbocycles. The summed E-state index contributed by atoms with van der Waals surface area (Å²) in [5, 5.41) is 0. The average molecular weight is 529 g/mol. The molecule has 0 nitrogen and oxygen atoms in total. The highest BCUT2D eigenvalue weighted by molar-refractivity contribution is 5.65. The van der Waals surface area contributed by atoms with Crippen LogP contribution in [-0.4, -0.2) is 0 Å². The highest BCUT2D eigenvalue weighted by Crippen LogP contribution is 2.38. The summed E-state index contributed by atoms with van der Waals surface area (Å²) in [5.41, 5.74) is 2.34. The quantitative estimate of drug-likeness (QED) is 0.132. The molecule has 0 heterocycles. The molecule has 38 heavy (non-hydrogen) atoms. The van der Waals surface area contributed by atoms with Crippen LogP contribution in [-0.2, 0) is 12.8 Å². The maximum Gasteiger partial charge on any atom is 0.194 e. The summed E-state index contributed by atoms with van der Waals surface area (Å²) in [6.45, 7) is 2.24. The summed E-state index contributed by atoms with van der Waals surface area (Å²) in [5.74, 6) is -4.68. The Kier molecular flexibility index (Phi) is 9.98. The molecule has 0 amide bonds. The van der Waals surface area contributed by atoms with Gasteiger partial charge >= 0.3 is 0 Å². The van der Waals surface area contributed by atoms with E-state index in [9.17, 15) is 22.0 Å². The van der Waals surface area contributed by atoms with Crippen molar-refractivity contribution in [2.75, 3.05) is 0 Å². The molecule has 0 radical (unpaired) electrons. The van der Waals surface area contributed by atoms with Crippen molar-refractivity contribution >= 4 is 0 Å². The van der Waals surface area contributed by atoms with Gasteiger partial charge in [0.15, 0.2) is 29.1 Å². The highest BCUT2D eigenvalue weighted by atomic mass is 19.2. The second kappa shape index (κ2) is 13.4. The predicted molar refractivity (Wildman–Crippen MR) is 144 cm³/mol. The van der Waals surface area contributed by atoms with Crippen LogP contribution < -0.4 is 0 Å². The molecule has 5 heteroatoms. The number of rotatable bonds is 11. The second-order valence-electron chi connectivity index (χ2n) is 10.8. The van der Waals surface area contributed by atoms with Crippen molar-refractivity contribution in [1.29, 1.82) is 0 Å². The van der Waals surface area contributed by atoms with Gasteiger partial charge in [-0.05, 0) is 84.7 Å². The second-order valence-corrected chi connectivity index (χ2v) is 10.8. The first-order chi connectivity index (χ1) is 18.4. The molecule has 1 aliphatic rings. The molecule has 1 fully saturated rings. The Morgan fingerprint density at radius 3 is 1.97 bits per heavy atom. The minimum atomic E-state index is -1.54. The smallest absolute Gasteiger partial charge is 0.194 e. The van der Waals surface area contributed by atoms with E-state index in [1.807, 2.05) is 24.3 Å². The van der Waals surface area contributed by atoms with Gasteiger partial charge in [-0.25, -0.2) is 22.0 Å². The van der Waals surface area contributed by atoms with Crippen LogP contribution in [0.4, 0.5) is 22.0 Å². The van der Waals surface area contributed by atoms with Crippen LogP contribution >= 0.6 is 0 Å². The molecule has 1 saturated carbocycles. The summed E-state index contributed by atoms with van der Waals surface area (Å²) < 4.78 is 69.9. The van der Waals surface area contributed by atoms with E-state index < -0.39 is 29.1 Å². The Morgan fingerprint density at radius 1 is 0.658 bits per heavy atom. The largest absolute Gasteiger partial charge is 0.204 e. The fraction of sp³-hybridized carbons (Fsp3) is 0.455. The first-order valence-electron chi connectivity index (χ1n) is 14.1. The minimum absolute atomic E-state index is 0.0356. The zero-order valence-electron chi connectivity index (χ0n) is 22.1. The Hall–Kier alpha value is -2.69. The van der Waals surface area contributed by atoms with Crippen LogP contribution in [0.15, 0.2) is 48.5 Å². The first-order valence-corrected chi connectivity index (χ1v) is 14.1. The van der Waals surface area contributed by atoms with Crippen LogP contribution in [0.1, 0.15) is 93.7 Å². The Balaban J connectivity index is 1.34. The summed E-state index contributed by atoms with van der Waals surface area (Å²) in [7, 11) is 0. The molecule has 0 aliphatic heterocycles. The van der Waals surface area contributed by atoms with Gasteiger partial charge in [-0.2, -0.15) is 0 Å². The maximum atomic E-state index is 15.0.